The summed E-state index contributed by atoms with van der Waals surface area (Å²) in [6, 6.07) is 16.0. The van der Waals surface area contributed by atoms with Gasteiger partial charge in [0, 0.05) is 64.0 Å². The maximum Gasteiger partial charge on any atom is 0.210 e. The van der Waals surface area contributed by atoms with Gasteiger partial charge in [0.25, 0.3) is 0 Å². The standard InChI is InChI=1S/C45H49ClN2O12S4/c1-44(2)39(47(23-5-7-25-61(49,50)51)37-19-13-29-11-17-33(63(55,56)57)27-35(29)41(37)44)21-15-31-9-10-32(43(31)46)16-22-40-45(3,4)42-36-28-34(64(58,59)60)18-12-30(36)14-20-38(42)48(40)24-6-8-26-62(52,53)54/h11-22,27-28H,5-10,23-26H2,1-4H3,(H3-,49,50,51,52,53,54,55,56,57,58,59,60)/p-3. The van der Waals surface area contributed by atoms with E-state index >= 15 is 0 Å². The second kappa shape index (κ2) is 17.2. The SMILES string of the molecule is CC1(C)C(=CC=C2CCC(C=CC3=[N+](CCCCS(=O)(=O)[O-])c4ccc5ccc(S(=O)(=O)[O-])cc5c4C3(C)C)=C2Cl)N(CCCCS(=O)(=O)[O-])c2ccc3ccc(S(=O)(=O)[O-])cc3c21. The van der Waals surface area contributed by atoms with Gasteiger partial charge in [0.15, 0.2) is 5.71 Å². The monoisotopic (exact) mass is 969 g/mol. The molecule has 7 rings (SSSR count). The molecule has 0 bridgehead atoms. The quantitative estimate of drug-likeness (QED) is 0.0648. The van der Waals surface area contributed by atoms with Crippen molar-refractivity contribution >= 4 is 90.7 Å². The third kappa shape index (κ3) is 9.66. The molecule has 1 aliphatic carbocycles. The topological polar surface area (TPSA) is 235 Å². The second-order valence-corrected chi connectivity index (χ2v) is 23.6. The van der Waals surface area contributed by atoms with Crippen molar-refractivity contribution in [2.75, 3.05) is 29.5 Å². The first-order valence-corrected chi connectivity index (χ1v) is 26.9. The first-order chi connectivity index (χ1) is 29.7. The van der Waals surface area contributed by atoms with Crippen LogP contribution in [0, 0.1) is 0 Å². The summed E-state index contributed by atoms with van der Waals surface area (Å²) in [5, 5.41) is 3.13. The van der Waals surface area contributed by atoms with Crippen LogP contribution in [-0.4, -0.2) is 86.8 Å². The fourth-order valence-corrected chi connectivity index (χ4v) is 11.8. The average Bonchev–Trinajstić information content (AvgIpc) is 3.73. The summed E-state index contributed by atoms with van der Waals surface area (Å²) in [4.78, 5) is 1.29. The van der Waals surface area contributed by atoms with Crippen molar-refractivity contribution in [2.45, 2.75) is 86.8 Å². The van der Waals surface area contributed by atoms with E-state index in [0.717, 1.165) is 55.8 Å². The van der Waals surface area contributed by atoms with Crippen LogP contribution in [0.25, 0.3) is 21.5 Å². The smallest absolute Gasteiger partial charge is 0.210 e. The Bertz CT molecular complexity index is 3240. The van der Waals surface area contributed by atoms with Gasteiger partial charge in [0.1, 0.15) is 26.8 Å². The molecule has 64 heavy (non-hydrogen) atoms. The molecule has 342 valence electrons. The number of nitrogens with zero attached hydrogens (tertiary/aromatic N) is 2. The highest BCUT2D eigenvalue weighted by molar-refractivity contribution is 7.86. The lowest BCUT2D eigenvalue weighted by Crippen LogP contribution is -2.28. The molecule has 0 spiro atoms. The van der Waals surface area contributed by atoms with Crippen molar-refractivity contribution in [1.29, 1.82) is 0 Å². The van der Waals surface area contributed by atoms with Gasteiger partial charge in [-0.05, 0) is 127 Å². The number of fused-ring (bicyclic) bond motifs is 6. The minimum atomic E-state index is -4.76. The minimum absolute atomic E-state index is 0.128. The number of hydrogen-bond acceptors (Lipinski definition) is 13. The Kier molecular flexibility index (Phi) is 12.8. The molecule has 0 N–H and O–H groups in total. The van der Waals surface area contributed by atoms with Crippen molar-refractivity contribution < 1.29 is 56.5 Å². The van der Waals surface area contributed by atoms with Gasteiger partial charge >= 0.3 is 0 Å². The van der Waals surface area contributed by atoms with Crippen molar-refractivity contribution in [3.05, 3.63) is 118 Å². The van der Waals surface area contributed by atoms with Crippen LogP contribution in [0.4, 0.5) is 11.4 Å². The molecule has 0 unspecified atom stereocenters. The zero-order chi connectivity index (χ0) is 46.8. The maximum atomic E-state index is 12.1. The Labute approximate surface area is 379 Å². The summed E-state index contributed by atoms with van der Waals surface area (Å²) in [6.45, 7) is 8.58. The molecule has 4 aromatic rings. The number of hydrogen-bond donors (Lipinski definition) is 0. The Morgan fingerprint density at radius 1 is 0.656 bits per heavy atom. The predicted molar refractivity (Wildman–Crippen MR) is 242 cm³/mol. The zero-order valence-corrected chi connectivity index (χ0v) is 39.5. The lowest BCUT2D eigenvalue weighted by atomic mass is 9.79. The van der Waals surface area contributed by atoms with Gasteiger partial charge in [-0.2, -0.15) is 4.58 Å². The van der Waals surface area contributed by atoms with Gasteiger partial charge in [-0.15, -0.1) is 0 Å². The summed E-state index contributed by atoms with van der Waals surface area (Å²) in [6.07, 6.45) is 9.84. The fourth-order valence-electron chi connectivity index (χ4n) is 9.38. The Morgan fingerprint density at radius 3 is 1.78 bits per heavy atom. The number of unbranched alkanes of at least 4 members (excludes halogenated alkanes) is 2. The number of rotatable bonds is 15. The first kappa shape index (κ1) is 47.7. The second-order valence-electron chi connectivity index (χ2n) is 17.4. The number of halogens is 1. The summed E-state index contributed by atoms with van der Waals surface area (Å²) in [7, 11) is -18.4. The lowest BCUT2D eigenvalue weighted by Gasteiger charge is -2.27. The number of benzene rings is 4. The molecule has 3 aliphatic rings. The molecule has 0 fully saturated rings. The number of allylic oxidation sites excluding steroid dienone is 8. The third-order valence-electron chi connectivity index (χ3n) is 12.4. The summed E-state index contributed by atoms with van der Waals surface area (Å²) >= 11 is 7.12. The molecule has 2 aliphatic heterocycles. The highest BCUT2D eigenvalue weighted by Crippen LogP contribution is 2.52. The van der Waals surface area contributed by atoms with E-state index in [0.29, 0.717) is 54.6 Å². The van der Waals surface area contributed by atoms with Crippen LogP contribution in [0.1, 0.15) is 77.3 Å². The van der Waals surface area contributed by atoms with Gasteiger partial charge in [-0.1, -0.05) is 55.8 Å². The molecular weight excluding hydrogens is 924 g/mol. The number of anilines is 1. The van der Waals surface area contributed by atoms with Crippen LogP contribution in [0.2, 0.25) is 0 Å². The summed E-state index contributed by atoms with van der Waals surface area (Å²) in [5.74, 6) is -1.04. The van der Waals surface area contributed by atoms with Gasteiger partial charge < -0.3 is 23.1 Å². The summed E-state index contributed by atoms with van der Waals surface area (Å²) in [5.41, 5.74) is 4.83. The lowest BCUT2D eigenvalue weighted by molar-refractivity contribution is -0.438. The molecule has 0 saturated carbocycles. The van der Waals surface area contributed by atoms with Crippen LogP contribution in [0.3, 0.4) is 0 Å². The first-order valence-electron chi connectivity index (χ1n) is 20.5. The van der Waals surface area contributed by atoms with Crippen molar-refractivity contribution in [3.8, 4) is 0 Å². The van der Waals surface area contributed by atoms with Crippen LogP contribution < -0.4 is 4.90 Å². The van der Waals surface area contributed by atoms with Crippen LogP contribution in [0.5, 0.6) is 0 Å². The van der Waals surface area contributed by atoms with E-state index in [4.69, 9.17) is 11.6 Å². The minimum Gasteiger partial charge on any atom is -0.748 e. The van der Waals surface area contributed by atoms with E-state index in [-0.39, 0.29) is 22.6 Å². The highest BCUT2D eigenvalue weighted by atomic mass is 35.5. The molecule has 0 aromatic heterocycles. The van der Waals surface area contributed by atoms with E-state index in [1.54, 1.807) is 12.1 Å². The van der Waals surface area contributed by atoms with Crippen molar-refractivity contribution in [3.63, 3.8) is 0 Å². The molecule has 4 aromatic carbocycles. The van der Waals surface area contributed by atoms with Gasteiger partial charge in [0.2, 0.25) is 5.69 Å². The van der Waals surface area contributed by atoms with E-state index in [1.165, 1.54) is 24.3 Å². The van der Waals surface area contributed by atoms with Crippen molar-refractivity contribution in [1.82, 2.24) is 0 Å². The van der Waals surface area contributed by atoms with Crippen LogP contribution in [-0.2, 0) is 51.3 Å². The van der Waals surface area contributed by atoms with Crippen LogP contribution >= 0.6 is 11.6 Å². The fraction of sp³-hybridized carbons (Fsp3) is 0.356. The molecule has 0 saturated heterocycles. The van der Waals surface area contributed by atoms with E-state index in [9.17, 15) is 51.9 Å². The molecule has 14 nitrogen and oxygen atoms in total. The summed E-state index contributed by atoms with van der Waals surface area (Å²) < 4.78 is 143. The molecule has 0 atom stereocenters. The molecular formula is C45H46ClN2O12S4-3. The average molecular weight is 971 g/mol. The van der Waals surface area contributed by atoms with Gasteiger partial charge in [-0.25, -0.2) is 33.7 Å². The van der Waals surface area contributed by atoms with Crippen LogP contribution in [0.15, 0.2) is 117 Å². The molecule has 19 heteroatoms. The Hall–Kier alpha value is -4.24. The Balaban J connectivity index is 1.27. The maximum absolute atomic E-state index is 12.1. The Morgan fingerprint density at radius 2 is 1.20 bits per heavy atom. The molecule has 0 amide bonds. The highest BCUT2D eigenvalue weighted by Gasteiger charge is 2.46. The van der Waals surface area contributed by atoms with Gasteiger partial charge in [0.05, 0.1) is 35.4 Å². The van der Waals surface area contributed by atoms with Crippen molar-refractivity contribution in [2.24, 2.45) is 0 Å². The predicted octanol–water partition coefficient (Wildman–Crippen LogP) is 7.28. The van der Waals surface area contributed by atoms with E-state index in [1.807, 2.05) is 85.7 Å². The van der Waals surface area contributed by atoms with E-state index in [2.05, 4.69) is 0 Å². The normalized spacial score (nSPS) is 19.0. The zero-order valence-electron chi connectivity index (χ0n) is 35.5. The van der Waals surface area contributed by atoms with E-state index < -0.39 is 62.8 Å². The molecule has 0 radical (unpaired) electrons. The third-order valence-corrected chi connectivity index (χ3v) is 16.1. The van der Waals surface area contributed by atoms with Gasteiger partial charge in [-0.3, -0.25) is 0 Å². The largest absolute Gasteiger partial charge is 0.748 e. The molecule has 2 heterocycles.